The van der Waals surface area contributed by atoms with Gasteiger partial charge in [-0.2, -0.15) is 0 Å². The minimum atomic E-state index is 0.707. The third kappa shape index (κ3) is 6.20. The Morgan fingerprint density at radius 2 is 2.24 bits per heavy atom. The Labute approximate surface area is 110 Å². The lowest BCUT2D eigenvalue weighted by Gasteiger charge is -2.24. The summed E-state index contributed by atoms with van der Waals surface area (Å²) in [7, 11) is 2.22. The van der Waals surface area contributed by atoms with Gasteiger partial charge in [0.1, 0.15) is 0 Å². The molecule has 1 rings (SSSR count). The smallest absolute Gasteiger partial charge is 0.0107 e. The molecule has 17 heavy (non-hydrogen) atoms. The molecule has 0 saturated heterocycles. The molecule has 1 heterocycles. The number of thiophene rings is 1. The Kier molecular flexibility index (Phi) is 7.49. The summed E-state index contributed by atoms with van der Waals surface area (Å²) in [5.74, 6) is 0. The van der Waals surface area contributed by atoms with Gasteiger partial charge >= 0.3 is 0 Å². The van der Waals surface area contributed by atoms with Crippen LogP contribution >= 0.6 is 11.3 Å². The van der Waals surface area contributed by atoms with Gasteiger partial charge in [0.2, 0.25) is 0 Å². The van der Waals surface area contributed by atoms with Crippen LogP contribution in [0.25, 0.3) is 0 Å². The van der Waals surface area contributed by atoms with Crippen molar-refractivity contribution in [1.29, 1.82) is 0 Å². The minimum absolute atomic E-state index is 0.707. The molecular formula is C14H26N2S. The molecule has 1 atom stereocenters. The van der Waals surface area contributed by atoms with Gasteiger partial charge in [0.25, 0.3) is 0 Å². The fraction of sp³-hybridized carbons (Fsp3) is 0.714. The molecule has 1 aromatic rings. The predicted molar refractivity (Wildman–Crippen MR) is 77.9 cm³/mol. The van der Waals surface area contributed by atoms with Crippen LogP contribution in [0.4, 0.5) is 0 Å². The second-order valence-electron chi connectivity index (χ2n) is 4.70. The van der Waals surface area contributed by atoms with Crippen molar-refractivity contribution in [2.75, 3.05) is 26.7 Å². The van der Waals surface area contributed by atoms with Gasteiger partial charge in [-0.25, -0.2) is 0 Å². The number of nitrogens with one attached hydrogen (secondary N) is 1. The van der Waals surface area contributed by atoms with E-state index >= 15 is 0 Å². The van der Waals surface area contributed by atoms with E-state index in [4.69, 9.17) is 0 Å². The quantitative estimate of drug-likeness (QED) is 0.682. The zero-order valence-corrected chi connectivity index (χ0v) is 12.2. The lowest BCUT2D eigenvalue weighted by molar-refractivity contribution is 0.245. The maximum Gasteiger partial charge on any atom is 0.0107 e. The van der Waals surface area contributed by atoms with Crippen LogP contribution in [0.2, 0.25) is 0 Å². The number of nitrogens with zero attached hydrogens (tertiary/aromatic N) is 1. The van der Waals surface area contributed by atoms with Gasteiger partial charge in [-0.3, -0.25) is 0 Å². The van der Waals surface area contributed by atoms with E-state index in [2.05, 4.69) is 48.6 Å². The second-order valence-corrected chi connectivity index (χ2v) is 5.73. The molecule has 0 amide bonds. The van der Waals surface area contributed by atoms with Crippen molar-refractivity contribution in [2.24, 2.45) is 0 Å². The summed E-state index contributed by atoms with van der Waals surface area (Å²) in [6.07, 6.45) is 3.73. The van der Waals surface area contributed by atoms with Crippen LogP contribution in [0.15, 0.2) is 17.5 Å². The average Bonchev–Trinajstić information content (AvgIpc) is 2.81. The largest absolute Gasteiger partial charge is 0.315 e. The highest BCUT2D eigenvalue weighted by Crippen LogP contribution is 2.08. The normalized spacial score (nSPS) is 13.2. The Bertz CT molecular complexity index is 272. The first-order chi connectivity index (χ1) is 8.24. The fourth-order valence-corrected chi connectivity index (χ4v) is 2.61. The maximum atomic E-state index is 3.52. The van der Waals surface area contributed by atoms with Gasteiger partial charge in [0.05, 0.1) is 0 Å². The molecule has 1 aromatic heterocycles. The first-order valence-corrected chi connectivity index (χ1v) is 7.55. The molecule has 0 bridgehead atoms. The summed E-state index contributed by atoms with van der Waals surface area (Å²) in [5.41, 5.74) is 0. The highest BCUT2D eigenvalue weighted by molar-refractivity contribution is 7.09. The van der Waals surface area contributed by atoms with E-state index in [1.807, 2.05) is 11.3 Å². The van der Waals surface area contributed by atoms with Crippen molar-refractivity contribution >= 4 is 11.3 Å². The summed E-state index contributed by atoms with van der Waals surface area (Å²) < 4.78 is 0. The van der Waals surface area contributed by atoms with Crippen LogP contribution in [-0.4, -0.2) is 37.6 Å². The summed E-state index contributed by atoms with van der Waals surface area (Å²) in [4.78, 5) is 3.92. The third-order valence-electron chi connectivity index (χ3n) is 3.23. The molecule has 0 saturated carbocycles. The summed E-state index contributed by atoms with van der Waals surface area (Å²) >= 11 is 1.85. The maximum absolute atomic E-state index is 3.52. The molecule has 0 radical (unpaired) electrons. The van der Waals surface area contributed by atoms with Gasteiger partial charge in [-0.15, -0.1) is 11.3 Å². The first kappa shape index (κ1) is 14.7. The Hall–Kier alpha value is -0.380. The summed E-state index contributed by atoms with van der Waals surface area (Å²) in [6, 6.07) is 5.04. The zero-order valence-electron chi connectivity index (χ0n) is 11.4. The van der Waals surface area contributed by atoms with Crippen LogP contribution in [0, 0.1) is 0 Å². The van der Waals surface area contributed by atoms with Crippen LogP contribution in [0.1, 0.15) is 31.6 Å². The van der Waals surface area contributed by atoms with Crippen molar-refractivity contribution in [1.82, 2.24) is 10.2 Å². The van der Waals surface area contributed by atoms with E-state index < -0.39 is 0 Å². The van der Waals surface area contributed by atoms with Crippen molar-refractivity contribution in [3.8, 4) is 0 Å². The summed E-state index contributed by atoms with van der Waals surface area (Å²) in [5, 5.41) is 5.66. The predicted octanol–water partition coefficient (Wildman–Crippen LogP) is 3.00. The molecule has 0 fully saturated rings. The second kappa shape index (κ2) is 8.67. The summed E-state index contributed by atoms with van der Waals surface area (Å²) in [6.45, 7) is 7.90. The molecule has 0 aliphatic rings. The molecule has 3 heteroatoms. The number of hydrogen-bond acceptors (Lipinski definition) is 3. The van der Waals surface area contributed by atoms with Crippen LogP contribution in [0.5, 0.6) is 0 Å². The number of hydrogen-bond donors (Lipinski definition) is 1. The molecule has 0 spiro atoms. The zero-order chi connectivity index (χ0) is 12.5. The van der Waals surface area contributed by atoms with E-state index in [1.165, 1.54) is 17.7 Å². The van der Waals surface area contributed by atoms with Crippen LogP contribution in [0.3, 0.4) is 0 Å². The van der Waals surface area contributed by atoms with E-state index in [0.717, 1.165) is 26.1 Å². The number of likely N-dealkylation sites (N-methyl/N-ethyl adjacent to an activating group) is 1. The monoisotopic (exact) mass is 254 g/mol. The van der Waals surface area contributed by atoms with Gasteiger partial charge in [0.15, 0.2) is 0 Å². The van der Waals surface area contributed by atoms with Gasteiger partial charge in [-0.1, -0.05) is 19.4 Å². The fourth-order valence-electron chi connectivity index (χ4n) is 1.91. The Morgan fingerprint density at radius 1 is 1.41 bits per heavy atom. The third-order valence-corrected chi connectivity index (χ3v) is 4.16. The van der Waals surface area contributed by atoms with Crippen molar-refractivity contribution in [3.63, 3.8) is 0 Å². The molecule has 98 valence electrons. The Morgan fingerprint density at radius 3 is 2.88 bits per heavy atom. The molecule has 0 aliphatic carbocycles. The van der Waals surface area contributed by atoms with Crippen molar-refractivity contribution < 1.29 is 0 Å². The minimum Gasteiger partial charge on any atom is -0.315 e. The van der Waals surface area contributed by atoms with Gasteiger partial charge < -0.3 is 10.2 Å². The lowest BCUT2D eigenvalue weighted by Crippen LogP contribution is -2.35. The van der Waals surface area contributed by atoms with Gasteiger partial charge in [-0.05, 0) is 38.3 Å². The lowest BCUT2D eigenvalue weighted by atomic mass is 10.2. The topological polar surface area (TPSA) is 15.3 Å². The first-order valence-electron chi connectivity index (χ1n) is 6.67. The van der Waals surface area contributed by atoms with E-state index in [1.54, 1.807) is 0 Å². The van der Waals surface area contributed by atoms with Gasteiger partial charge in [0, 0.05) is 30.6 Å². The molecule has 0 aliphatic heterocycles. The highest BCUT2D eigenvalue weighted by Gasteiger charge is 2.06. The van der Waals surface area contributed by atoms with Crippen molar-refractivity contribution in [3.05, 3.63) is 22.4 Å². The SMILES string of the molecule is CCCC(C)N(C)CCNCCc1cccs1. The number of rotatable bonds is 9. The standard InChI is InChI=1S/C14H26N2S/c1-4-6-13(2)16(3)11-10-15-9-8-14-7-5-12-17-14/h5,7,12-13,15H,4,6,8-11H2,1-3H3. The van der Waals surface area contributed by atoms with E-state index in [-0.39, 0.29) is 0 Å². The highest BCUT2D eigenvalue weighted by atomic mass is 32.1. The van der Waals surface area contributed by atoms with E-state index in [9.17, 15) is 0 Å². The van der Waals surface area contributed by atoms with E-state index in [0.29, 0.717) is 6.04 Å². The Balaban J connectivity index is 2.00. The van der Waals surface area contributed by atoms with Crippen LogP contribution < -0.4 is 5.32 Å². The molecule has 1 unspecified atom stereocenters. The average molecular weight is 254 g/mol. The van der Waals surface area contributed by atoms with Crippen LogP contribution in [-0.2, 0) is 6.42 Å². The molecule has 1 N–H and O–H groups in total. The molecular weight excluding hydrogens is 228 g/mol. The molecule has 0 aromatic carbocycles. The van der Waals surface area contributed by atoms with Crippen molar-refractivity contribution in [2.45, 2.75) is 39.2 Å². The molecule has 2 nitrogen and oxygen atoms in total.